The second-order valence-corrected chi connectivity index (χ2v) is 7.67. The van der Waals surface area contributed by atoms with E-state index in [9.17, 15) is 9.90 Å². The number of amides is 1. The van der Waals surface area contributed by atoms with E-state index in [4.69, 9.17) is 15.2 Å². The van der Waals surface area contributed by atoms with Gasteiger partial charge in [-0.15, -0.1) is 0 Å². The normalized spacial score (nSPS) is 31.1. The van der Waals surface area contributed by atoms with Crippen molar-refractivity contribution in [1.82, 2.24) is 0 Å². The van der Waals surface area contributed by atoms with Gasteiger partial charge in [0, 0.05) is 18.4 Å². The molecule has 26 heavy (non-hydrogen) atoms. The fourth-order valence-corrected chi connectivity index (χ4v) is 4.93. The molecule has 1 aromatic rings. The van der Waals surface area contributed by atoms with Crippen LogP contribution in [-0.4, -0.2) is 43.9 Å². The summed E-state index contributed by atoms with van der Waals surface area (Å²) in [7, 11) is 3.30. The number of rotatable bonds is 6. The molecule has 1 saturated heterocycles. The molecular weight excluding hydrogens is 332 g/mol. The lowest BCUT2D eigenvalue weighted by molar-refractivity contribution is -0.944. The summed E-state index contributed by atoms with van der Waals surface area (Å²) in [6.45, 7) is 1.52. The molecule has 1 aliphatic carbocycles. The monoisotopic (exact) mass is 363 g/mol. The van der Waals surface area contributed by atoms with Crippen LogP contribution >= 0.6 is 0 Å². The lowest BCUT2D eigenvalue weighted by atomic mass is 9.66. The number of nitrogens with two attached hydrogens (primary N) is 1. The number of benzene rings is 1. The van der Waals surface area contributed by atoms with E-state index in [-0.39, 0.29) is 17.9 Å². The van der Waals surface area contributed by atoms with E-state index < -0.39 is 5.60 Å². The quantitative estimate of drug-likeness (QED) is 0.699. The lowest BCUT2D eigenvalue weighted by Crippen LogP contribution is -3.15. The predicted octanol–water partition coefficient (Wildman–Crippen LogP) is 0.830. The number of methoxy groups -OCH3 is 2. The maximum atomic E-state index is 11.4. The van der Waals surface area contributed by atoms with Crippen molar-refractivity contribution >= 4 is 5.91 Å². The maximum Gasteiger partial charge on any atom is 0.223 e. The van der Waals surface area contributed by atoms with Gasteiger partial charge in [-0.3, -0.25) is 4.79 Å². The van der Waals surface area contributed by atoms with E-state index in [2.05, 4.69) is 0 Å². The van der Waals surface area contributed by atoms with E-state index >= 15 is 0 Å². The van der Waals surface area contributed by atoms with Crippen LogP contribution in [0, 0.1) is 5.92 Å². The summed E-state index contributed by atoms with van der Waals surface area (Å²) in [6, 6.07) is 5.99. The largest absolute Gasteiger partial charge is 0.497 e. The number of nitrogens with one attached hydrogen (secondary N) is 1. The van der Waals surface area contributed by atoms with E-state index in [1.165, 1.54) is 4.90 Å². The molecule has 0 bridgehead atoms. The Morgan fingerprint density at radius 1 is 1.31 bits per heavy atom. The Morgan fingerprint density at radius 3 is 2.81 bits per heavy atom. The van der Waals surface area contributed by atoms with Crippen molar-refractivity contribution in [2.45, 2.75) is 50.2 Å². The fraction of sp³-hybridized carbons (Fsp3) is 0.650. The summed E-state index contributed by atoms with van der Waals surface area (Å²) in [6.07, 6.45) is 5.20. The molecule has 4 N–H and O–H groups in total. The molecule has 6 heteroatoms. The van der Waals surface area contributed by atoms with Crippen molar-refractivity contribution in [3.05, 3.63) is 23.8 Å². The fourth-order valence-electron chi connectivity index (χ4n) is 4.93. The van der Waals surface area contributed by atoms with Gasteiger partial charge in [0.15, 0.2) is 0 Å². The van der Waals surface area contributed by atoms with E-state index in [1.54, 1.807) is 14.2 Å². The Morgan fingerprint density at radius 2 is 2.12 bits per heavy atom. The first kappa shape index (κ1) is 19.0. The van der Waals surface area contributed by atoms with Crippen LogP contribution in [0.1, 0.15) is 50.1 Å². The molecule has 0 aromatic heterocycles. The highest BCUT2D eigenvalue weighted by atomic mass is 16.5. The molecule has 0 spiro atoms. The molecule has 4 atom stereocenters. The van der Waals surface area contributed by atoms with Gasteiger partial charge in [-0.05, 0) is 25.0 Å². The standard InChI is InChI=1S/C20H30N2O4/c1-25-14-6-7-15(17(13-14)26-2)19-16-5-3-4-9-20(16,24)10-12-22(19)11-8-18(21)23/h6-7,13,16,19,24H,3-5,8-12H2,1-2H3,(H2,21,23)/p+1/t16-,19+,20+/m0/s1. The Labute approximate surface area is 155 Å². The summed E-state index contributed by atoms with van der Waals surface area (Å²) in [4.78, 5) is 12.7. The average Bonchev–Trinajstić information content (AvgIpc) is 2.65. The highest BCUT2D eigenvalue weighted by molar-refractivity contribution is 5.73. The van der Waals surface area contributed by atoms with Gasteiger partial charge in [-0.1, -0.05) is 12.8 Å². The number of ether oxygens (including phenoxy) is 2. The van der Waals surface area contributed by atoms with Gasteiger partial charge in [-0.2, -0.15) is 0 Å². The molecule has 2 fully saturated rings. The zero-order valence-corrected chi connectivity index (χ0v) is 15.8. The molecule has 1 aromatic carbocycles. The van der Waals surface area contributed by atoms with Crippen molar-refractivity contribution in [2.24, 2.45) is 11.7 Å². The third-order valence-electron chi connectivity index (χ3n) is 6.25. The van der Waals surface area contributed by atoms with Crippen LogP contribution in [0.2, 0.25) is 0 Å². The van der Waals surface area contributed by atoms with Crippen LogP contribution in [0.4, 0.5) is 0 Å². The van der Waals surface area contributed by atoms with Crippen LogP contribution in [0.15, 0.2) is 18.2 Å². The molecular formula is C20H31N2O4+. The molecule has 1 aliphatic heterocycles. The Hall–Kier alpha value is -1.79. The molecule has 3 rings (SSSR count). The molecule has 0 radical (unpaired) electrons. The molecule has 144 valence electrons. The van der Waals surface area contributed by atoms with Crippen molar-refractivity contribution in [3.63, 3.8) is 0 Å². The number of hydrogen-bond donors (Lipinski definition) is 3. The first-order valence-electron chi connectivity index (χ1n) is 9.55. The van der Waals surface area contributed by atoms with Gasteiger partial charge >= 0.3 is 0 Å². The average molecular weight is 363 g/mol. The van der Waals surface area contributed by atoms with E-state index in [0.29, 0.717) is 13.0 Å². The maximum absolute atomic E-state index is 11.4. The van der Waals surface area contributed by atoms with Crippen LogP contribution in [0.25, 0.3) is 0 Å². The highest BCUT2D eigenvalue weighted by Gasteiger charge is 2.52. The van der Waals surface area contributed by atoms with E-state index in [0.717, 1.165) is 55.7 Å². The number of aliphatic hydroxyl groups is 1. The summed E-state index contributed by atoms with van der Waals surface area (Å²) in [5.41, 5.74) is 5.86. The van der Waals surface area contributed by atoms with Gasteiger partial charge in [0.05, 0.1) is 44.9 Å². The third-order valence-corrected chi connectivity index (χ3v) is 6.25. The van der Waals surface area contributed by atoms with Crippen molar-refractivity contribution in [3.8, 4) is 11.5 Å². The predicted molar refractivity (Wildman–Crippen MR) is 98.3 cm³/mol. The number of primary amides is 1. The SMILES string of the molecule is COc1ccc([C@@H]2[C@@H]3CCCC[C@@]3(O)CC[NH+]2CCC(N)=O)c(OC)c1. The topological polar surface area (TPSA) is 86.2 Å². The highest BCUT2D eigenvalue weighted by Crippen LogP contribution is 2.46. The number of quaternary nitrogens is 1. The first-order valence-corrected chi connectivity index (χ1v) is 9.55. The minimum atomic E-state index is -0.621. The zero-order chi connectivity index (χ0) is 18.7. The van der Waals surface area contributed by atoms with Crippen LogP contribution in [-0.2, 0) is 4.79 Å². The lowest BCUT2D eigenvalue weighted by Gasteiger charge is -2.50. The van der Waals surface area contributed by atoms with Gasteiger partial charge in [0.1, 0.15) is 17.5 Å². The number of piperidine rings is 1. The number of carbonyl (C=O) groups is 1. The Bertz CT molecular complexity index is 651. The second-order valence-electron chi connectivity index (χ2n) is 7.67. The zero-order valence-electron chi connectivity index (χ0n) is 15.8. The molecule has 1 saturated carbocycles. The smallest absolute Gasteiger partial charge is 0.223 e. The molecule has 1 heterocycles. The summed E-state index contributed by atoms with van der Waals surface area (Å²) >= 11 is 0. The Balaban J connectivity index is 1.99. The van der Waals surface area contributed by atoms with Gasteiger partial charge in [-0.25, -0.2) is 0 Å². The second kappa shape index (κ2) is 7.84. The first-order chi connectivity index (χ1) is 12.5. The van der Waals surface area contributed by atoms with Gasteiger partial charge in [0.2, 0.25) is 5.91 Å². The van der Waals surface area contributed by atoms with Crippen LogP contribution in [0.3, 0.4) is 0 Å². The number of hydrogen-bond acceptors (Lipinski definition) is 4. The number of carbonyl (C=O) groups excluding carboxylic acids is 1. The number of likely N-dealkylation sites (tertiary alicyclic amines) is 1. The van der Waals surface area contributed by atoms with Crippen molar-refractivity contribution < 1.29 is 24.3 Å². The van der Waals surface area contributed by atoms with Crippen molar-refractivity contribution in [1.29, 1.82) is 0 Å². The minimum absolute atomic E-state index is 0.0919. The molecule has 1 unspecified atom stereocenters. The summed E-state index contributed by atoms with van der Waals surface area (Å²) in [5, 5.41) is 11.3. The summed E-state index contributed by atoms with van der Waals surface area (Å²) < 4.78 is 11.0. The molecule has 6 nitrogen and oxygen atoms in total. The molecule has 2 aliphatic rings. The Kier molecular flexibility index (Phi) is 5.73. The van der Waals surface area contributed by atoms with Crippen LogP contribution < -0.4 is 20.1 Å². The van der Waals surface area contributed by atoms with E-state index in [1.807, 2.05) is 18.2 Å². The number of fused-ring (bicyclic) bond motifs is 1. The van der Waals surface area contributed by atoms with Gasteiger partial charge < -0.3 is 25.2 Å². The molecule has 1 amide bonds. The minimum Gasteiger partial charge on any atom is -0.497 e. The summed E-state index contributed by atoms with van der Waals surface area (Å²) in [5.74, 6) is 1.41. The van der Waals surface area contributed by atoms with Crippen LogP contribution in [0.5, 0.6) is 11.5 Å². The third kappa shape index (κ3) is 3.67. The van der Waals surface area contributed by atoms with Crippen molar-refractivity contribution in [2.75, 3.05) is 27.3 Å². The van der Waals surface area contributed by atoms with Gasteiger partial charge in [0.25, 0.3) is 0 Å².